The van der Waals surface area contributed by atoms with E-state index in [0.29, 0.717) is 12.0 Å². The fourth-order valence-electron chi connectivity index (χ4n) is 2.38. The first kappa shape index (κ1) is 30.7. The average Bonchev–Trinajstić information content (AvgIpc) is 2.69. The van der Waals surface area contributed by atoms with Crippen LogP contribution in [-0.4, -0.2) is 48.8 Å². The predicted molar refractivity (Wildman–Crippen MR) is 102 cm³/mol. The Labute approximate surface area is 186 Å². The monoisotopic (exact) mass is 494 g/mol. The maximum absolute atomic E-state index is 13.3. The third-order valence-corrected chi connectivity index (χ3v) is 4.28. The van der Waals surface area contributed by atoms with E-state index >= 15 is 0 Å². The summed E-state index contributed by atoms with van der Waals surface area (Å²) >= 11 is 0. The fourth-order valence-corrected chi connectivity index (χ4v) is 2.38. The van der Waals surface area contributed by atoms with Gasteiger partial charge in [-0.1, -0.05) is 38.7 Å². The SMILES string of the molecule is C=C(C)C#CC(OC(=O)CCCC(=O)OCC(F)(F)C(F)(F)C(F)(F)C(F)F)C(C)CCC. The van der Waals surface area contributed by atoms with E-state index in [1.165, 1.54) is 0 Å². The van der Waals surface area contributed by atoms with Crippen LogP contribution >= 0.6 is 0 Å². The van der Waals surface area contributed by atoms with Gasteiger partial charge in [0.05, 0.1) is 0 Å². The Balaban J connectivity index is 4.76. The van der Waals surface area contributed by atoms with Gasteiger partial charge < -0.3 is 9.47 Å². The molecule has 0 fully saturated rings. The number of alkyl halides is 8. The topological polar surface area (TPSA) is 52.6 Å². The van der Waals surface area contributed by atoms with Crippen LogP contribution < -0.4 is 0 Å². The van der Waals surface area contributed by atoms with Crippen molar-refractivity contribution in [3.8, 4) is 11.8 Å². The number of carbonyl (C=O) groups is 2. The molecule has 0 aromatic heterocycles. The quantitative estimate of drug-likeness (QED) is 0.185. The molecule has 0 bridgehead atoms. The molecular weight excluding hydrogens is 468 g/mol. The van der Waals surface area contributed by atoms with Crippen LogP contribution in [0.4, 0.5) is 35.1 Å². The lowest BCUT2D eigenvalue weighted by Gasteiger charge is -2.31. The van der Waals surface area contributed by atoms with Crippen LogP contribution in [0.15, 0.2) is 12.2 Å². The zero-order chi connectivity index (χ0) is 26.0. The van der Waals surface area contributed by atoms with Gasteiger partial charge in [0.25, 0.3) is 0 Å². The average molecular weight is 494 g/mol. The third-order valence-electron chi connectivity index (χ3n) is 4.28. The Kier molecular flexibility index (Phi) is 11.9. The molecule has 0 amide bonds. The zero-order valence-corrected chi connectivity index (χ0v) is 18.3. The van der Waals surface area contributed by atoms with Gasteiger partial charge in [0.2, 0.25) is 0 Å². The molecule has 33 heavy (non-hydrogen) atoms. The highest BCUT2D eigenvalue weighted by Gasteiger charge is 2.75. The van der Waals surface area contributed by atoms with Gasteiger partial charge in [-0.2, -0.15) is 26.3 Å². The molecule has 0 aliphatic heterocycles. The summed E-state index contributed by atoms with van der Waals surface area (Å²) in [4.78, 5) is 23.4. The maximum atomic E-state index is 13.3. The lowest BCUT2D eigenvalue weighted by Crippen LogP contribution is -2.59. The summed E-state index contributed by atoms with van der Waals surface area (Å²) in [6, 6.07) is 0. The van der Waals surface area contributed by atoms with Crippen molar-refractivity contribution in [3.05, 3.63) is 12.2 Å². The molecule has 0 aliphatic carbocycles. The molecular formula is C21H26F8O4. The van der Waals surface area contributed by atoms with Crippen LogP contribution in [0.2, 0.25) is 0 Å². The molecule has 0 aliphatic rings. The summed E-state index contributed by atoms with van der Waals surface area (Å²) in [5.41, 5.74) is 0.538. The van der Waals surface area contributed by atoms with Crippen molar-refractivity contribution in [2.24, 2.45) is 5.92 Å². The van der Waals surface area contributed by atoms with Crippen LogP contribution in [0.5, 0.6) is 0 Å². The molecule has 0 heterocycles. The first-order valence-corrected chi connectivity index (χ1v) is 9.93. The van der Waals surface area contributed by atoms with E-state index in [1.54, 1.807) is 13.8 Å². The molecule has 0 aromatic carbocycles. The highest BCUT2D eigenvalue weighted by molar-refractivity contribution is 5.72. The molecule has 0 spiro atoms. The normalized spacial score (nSPS) is 14.2. The van der Waals surface area contributed by atoms with Crippen molar-refractivity contribution < 1.29 is 54.2 Å². The Morgan fingerprint density at radius 1 is 1.03 bits per heavy atom. The van der Waals surface area contributed by atoms with Crippen molar-refractivity contribution in [3.63, 3.8) is 0 Å². The summed E-state index contributed by atoms with van der Waals surface area (Å²) in [5.74, 6) is -15.5. The maximum Gasteiger partial charge on any atom is 0.381 e. The van der Waals surface area contributed by atoms with E-state index in [-0.39, 0.29) is 18.8 Å². The predicted octanol–water partition coefficient (Wildman–Crippen LogP) is 5.80. The minimum atomic E-state index is -6.47. The summed E-state index contributed by atoms with van der Waals surface area (Å²) in [6.45, 7) is 6.44. The van der Waals surface area contributed by atoms with Gasteiger partial charge in [0.15, 0.2) is 12.7 Å². The lowest BCUT2D eigenvalue weighted by molar-refractivity contribution is -0.344. The molecule has 0 aromatic rings. The molecule has 0 radical (unpaired) electrons. The van der Waals surface area contributed by atoms with Crippen LogP contribution in [0.25, 0.3) is 0 Å². The Bertz CT molecular complexity index is 740. The van der Waals surface area contributed by atoms with E-state index in [9.17, 15) is 44.7 Å². The fraction of sp³-hybridized carbons (Fsp3) is 0.714. The Hall–Kier alpha value is -2.32. The second-order valence-electron chi connectivity index (χ2n) is 7.44. The highest BCUT2D eigenvalue weighted by Crippen LogP contribution is 2.48. The number of ether oxygens (including phenoxy) is 2. The third kappa shape index (κ3) is 9.21. The van der Waals surface area contributed by atoms with Crippen molar-refractivity contribution in [1.29, 1.82) is 0 Å². The van der Waals surface area contributed by atoms with Gasteiger partial charge in [-0.25, -0.2) is 8.78 Å². The second kappa shape index (κ2) is 12.8. The van der Waals surface area contributed by atoms with Gasteiger partial charge in [-0.05, 0) is 25.3 Å². The summed E-state index contributed by atoms with van der Waals surface area (Å²) in [6.07, 6.45) is -5.73. The van der Waals surface area contributed by atoms with Gasteiger partial charge in [0.1, 0.15) is 0 Å². The molecule has 0 N–H and O–H groups in total. The summed E-state index contributed by atoms with van der Waals surface area (Å²) in [7, 11) is 0. The summed E-state index contributed by atoms with van der Waals surface area (Å²) < 4.78 is 112. The van der Waals surface area contributed by atoms with Crippen LogP contribution in [0.3, 0.4) is 0 Å². The van der Waals surface area contributed by atoms with Crippen molar-refractivity contribution >= 4 is 11.9 Å². The second-order valence-corrected chi connectivity index (χ2v) is 7.44. The largest absolute Gasteiger partial charge is 0.459 e. The molecule has 190 valence electrons. The van der Waals surface area contributed by atoms with Crippen LogP contribution in [0.1, 0.15) is 52.9 Å². The number of hydrogen-bond donors (Lipinski definition) is 0. The number of esters is 2. The Morgan fingerprint density at radius 3 is 2.06 bits per heavy atom. The summed E-state index contributed by atoms with van der Waals surface area (Å²) in [5, 5.41) is 0. The molecule has 0 saturated carbocycles. The first-order valence-electron chi connectivity index (χ1n) is 9.93. The van der Waals surface area contributed by atoms with E-state index in [4.69, 9.17) is 4.74 Å². The molecule has 2 atom stereocenters. The van der Waals surface area contributed by atoms with E-state index < -0.39 is 55.3 Å². The van der Waals surface area contributed by atoms with Gasteiger partial charge >= 0.3 is 36.1 Å². The molecule has 4 nitrogen and oxygen atoms in total. The highest BCUT2D eigenvalue weighted by atomic mass is 19.4. The van der Waals surface area contributed by atoms with Gasteiger partial charge in [-0.3, -0.25) is 9.59 Å². The molecule has 2 unspecified atom stereocenters. The van der Waals surface area contributed by atoms with Crippen LogP contribution in [0, 0.1) is 17.8 Å². The molecule has 12 heteroatoms. The number of hydrogen-bond acceptors (Lipinski definition) is 4. The smallest absolute Gasteiger partial charge is 0.381 e. The number of halogens is 8. The minimum Gasteiger partial charge on any atom is -0.459 e. The van der Waals surface area contributed by atoms with Crippen molar-refractivity contribution in [1.82, 2.24) is 0 Å². The standard InChI is InChI=1S/C21H26F8O4/c1-5-7-14(4)15(11-10-13(2)3)33-17(31)9-6-8-16(30)32-12-19(24,25)21(28,29)20(26,27)18(22)23/h14-15,18H,2,5-9,12H2,1,3-4H3. The van der Waals surface area contributed by atoms with Crippen LogP contribution in [-0.2, 0) is 19.1 Å². The first-order chi connectivity index (χ1) is 15.0. The Morgan fingerprint density at radius 2 is 1.58 bits per heavy atom. The lowest BCUT2D eigenvalue weighted by atomic mass is 9.99. The van der Waals surface area contributed by atoms with Gasteiger partial charge in [0, 0.05) is 18.8 Å². The molecule has 0 rings (SSSR count). The van der Waals surface area contributed by atoms with Gasteiger partial charge in [-0.15, -0.1) is 0 Å². The van der Waals surface area contributed by atoms with E-state index in [1.807, 2.05) is 6.92 Å². The van der Waals surface area contributed by atoms with Crippen molar-refractivity contribution in [2.45, 2.75) is 83.2 Å². The minimum absolute atomic E-state index is 0.119. The van der Waals surface area contributed by atoms with Crippen molar-refractivity contribution in [2.75, 3.05) is 6.61 Å². The zero-order valence-electron chi connectivity index (χ0n) is 18.3. The van der Waals surface area contributed by atoms with E-state index in [0.717, 1.165) is 6.42 Å². The molecule has 0 saturated heterocycles. The number of carbonyl (C=O) groups excluding carboxylic acids is 2. The number of allylic oxidation sites excluding steroid dienone is 1. The number of rotatable bonds is 13. The van der Waals surface area contributed by atoms with E-state index in [2.05, 4.69) is 23.2 Å².